The van der Waals surface area contributed by atoms with Crippen molar-refractivity contribution in [2.75, 3.05) is 6.54 Å². The van der Waals surface area contributed by atoms with Crippen molar-refractivity contribution in [1.29, 1.82) is 0 Å². The monoisotopic (exact) mass is 342 g/mol. The van der Waals surface area contributed by atoms with Crippen molar-refractivity contribution in [3.63, 3.8) is 0 Å². The molecule has 0 spiro atoms. The van der Waals surface area contributed by atoms with Gasteiger partial charge in [0.15, 0.2) is 0 Å². The predicted molar refractivity (Wildman–Crippen MR) is 85.7 cm³/mol. The molecule has 7 nitrogen and oxygen atoms in total. The van der Waals surface area contributed by atoms with Gasteiger partial charge in [-0.15, -0.1) is 0 Å². The molecule has 23 heavy (non-hydrogen) atoms. The number of hydrogen-bond donors (Lipinski definition) is 3. The van der Waals surface area contributed by atoms with Crippen molar-refractivity contribution < 1.29 is 23.1 Å². The molecule has 1 amide bonds. The van der Waals surface area contributed by atoms with Crippen LogP contribution in [-0.2, 0) is 14.8 Å². The van der Waals surface area contributed by atoms with Gasteiger partial charge in [-0.05, 0) is 30.7 Å². The summed E-state index contributed by atoms with van der Waals surface area (Å²) in [5.74, 6) is -1.63. The van der Waals surface area contributed by atoms with Crippen LogP contribution in [0.3, 0.4) is 0 Å². The molecule has 0 saturated carbocycles. The number of carbonyl (C=O) groups is 2. The van der Waals surface area contributed by atoms with Crippen LogP contribution < -0.4 is 10.0 Å². The van der Waals surface area contributed by atoms with E-state index in [0.29, 0.717) is 12.8 Å². The van der Waals surface area contributed by atoms with Crippen LogP contribution >= 0.6 is 0 Å². The molecule has 0 radical (unpaired) electrons. The Bertz CT molecular complexity index is 640. The number of benzene rings is 1. The van der Waals surface area contributed by atoms with Gasteiger partial charge in [0, 0.05) is 12.1 Å². The van der Waals surface area contributed by atoms with Crippen LogP contribution in [0.25, 0.3) is 0 Å². The first-order chi connectivity index (χ1) is 10.8. The average molecular weight is 342 g/mol. The lowest BCUT2D eigenvalue weighted by atomic mass is 10.1. The van der Waals surface area contributed by atoms with E-state index in [1.807, 2.05) is 6.92 Å². The number of carbonyl (C=O) groups excluding carboxylic acids is 1. The fraction of sp³-hybridized carbons (Fsp3) is 0.467. The normalized spacial score (nSPS) is 12.6. The first-order valence-corrected chi connectivity index (χ1v) is 8.93. The van der Waals surface area contributed by atoms with Crippen molar-refractivity contribution in [2.45, 2.75) is 44.0 Å². The molecule has 0 fully saturated rings. The summed E-state index contributed by atoms with van der Waals surface area (Å²) in [7, 11) is -3.58. The van der Waals surface area contributed by atoms with E-state index < -0.39 is 27.9 Å². The number of aliphatic carboxylic acids is 1. The number of rotatable bonds is 9. The molecule has 1 atom stereocenters. The van der Waals surface area contributed by atoms with E-state index in [1.54, 1.807) is 6.92 Å². The zero-order valence-corrected chi connectivity index (χ0v) is 14.0. The van der Waals surface area contributed by atoms with Crippen molar-refractivity contribution in [1.82, 2.24) is 10.0 Å². The minimum absolute atomic E-state index is 0.0525. The van der Waals surface area contributed by atoms with Crippen molar-refractivity contribution >= 4 is 21.9 Å². The number of unbranched alkanes of at least 4 members (excludes halogenated alkanes) is 1. The Labute approximate surface area is 136 Å². The Balaban J connectivity index is 2.83. The lowest BCUT2D eigenvalue weighted by Crippen LogP contribution is -2.40. The summed E-state index contributed by atoms with van der Waals surface area (Å²) in [6.07, 6.45) is 1.87. The molecular formula is C15H22N2O5S. The number of hydrogen-bond acceptors (Lipinski definition) is 4. The molecule has 0 bridgehead atoms. The topological polar surface area (TPSA) is 113 Å². The molecule has 8 heteroatoms. The molecule has 0 aromatic heterocycles. The molecule has 0 unspecified atom stereocenters. The fourth-order valence-corrected chi connectivity index (χ4v) is 3.01. The van der Waals surface area contributed by atoms with Crippen molar-refractivity contribution in [2.24, 2.45) is 0 Å². The minimum Gasteiger partial charge on any atom is -0.480 e. The van der Waals surface area contributed by atoms with Gasteiger partial charge in [0.1, 0.15) is 6.04 Å². The summed E-state index contributed by atoms with van der Waals surface area (Å²) < 4.78 is 26.0. The van der Waals surface area contributed by atoms with E-state index in [0.717, 1.165) is 6.42 Å². The van der Waals surface area contributed by atoms with E-state index in [2.05, 4.69) is 10.0 Å². The number of carboxylic acid groups (broad SMARTS) is 1. The largest absolute Gasteiger partial charge is 0.480 e. The summed E-state index contributed by atoms with van der Waals surface area (Å²) in [5, 5.41) is 11.6. The van der Waals surface area contributed by atoms with Crippen LogP contribution in [0.4, 0.5) is 0 Å². The average Bonchev–Trinajstić information content (AvgIpc) is 2.51. The zero-order chi connectivity index (χ0) is 17.5. The van der Waals surface area contributed by atoms with Crippen LogP contribution in [0.5, 0.6) is 0 Å². The van der Waals surface area contributed by atoms with E-state index in [-0.39, 0.29) is 17.0 Å². The molecule has 0 aliphatic rings. The number of amides is 1. The Morgan fingerprint density at radius 2 is 1.78 bits per heavy atom. The second-order valence-corrected chi connectivity index (χ2v) is 6.80. The minimum atomic E-state index is -3.58. The van der Waals surface area contributed by atoms with Gasteiger partial charge in [0.25, 0.3) is 5.91 Å². The van der Waals surface area contributed by atoms with Gasteiger partial charge < -0.3 is 10.4 Å². The highest BCUT2D eigenvalue weighted by Crippen LogP contribution is 2.11. The van der Waals surface area contributed by atoms with Gasteiger partial charge >= 0.3 is 5.97 Å². The SMILES string of the molecule is CCCC[C@H](NC(=O)c1ccc(S(=O)(=O)NCC)cc1)C(=O)O. The zero-order valence-electron chi connectivity index (χ0n) is 13.2. The smallest absolute Gasteiger partial charge is 0.326 e. The van der Waals surface area contributed by atoms with Gasteiger partial charge in [-0.25, -0.2) is 17.9 Å². The van der Waals surface area contributed by atoms with Crippen LogP contribution in [-0.4, -0.2) is 38.0 Å². The highest BCUT2D eigenvalue weighted by Gasteiger charge is 2.20. The Morgan fingerprint density at radius 3 is 2.26 bits per heavy atom. The summed E-state index contributed by atoms with van der Waals surface area (Å²) in [4.78, 5) is 23.2. The van der Waals surface area contributed by atoms with Gasteiger partial charge in [-0.2, -0.15) is 0 Å². The lowest BCUT2D eigenvalue weighted by molar-refractivity contribution is -0.139. The summed E-state index contributed by atoms with van der Waals surface area (Å²) in [6.45, 7) is 3.87. The Kier molecular flexibility index (Phi) is 7.18. The van der Waals surface area contributed by atoms with Gasteiger partial charge in [0.05, 0.1) is 4.90 Å². The Morgan fingerprint density at radius 1 is 1.17 bits per heavy atom. The van der Waals surface area contributed by atoms with Crippen LogP contribution in [0, 0.1) is 0 Å². The fourth-order valence-electron chi connectivity index (χ4n) is 1.97. The van der Waals surface area contributed by atoms with E-state index in [1.165, 1.54) is 24.3 Å². The molecule has 0 aliphatic heterocycles. The maximum absolute atomic E-state index is 12.1. The standard InChI is InChI=1S/C15H22N2O5S/c1-3-5-6-13(15(19)20)17-14(18)11-7-9-12(10-8-11)23(21,22)16-4-2/h7-10,13,16H,3-6H2,1-2H3,(H,17,18)(H,19,20)/t13-/m0/s1. The van der Waals surface area contributed by atoms with Gasteiger partial charge in [-0.3, -0.25) is 4.79 Å². The van der Waals surface area contributed by atoms with Crippen LogP contribution in [0.1, 0.15) is 43.5 Å². The van der Waals surface area contributed by atoms with Crippen molar-refractivity contribution in [3.8, 4) is 0 Å². The van der Waals surface area contributed by atoms with Gasteiger partial charge in [-0.1, -0.05) is 26.7 Å². The third-order valence-corrected chi connectivity index (χ3v) is 4.77. The molecule has 0 saturated heterocycles. The number of carboxylic acids is 1. The lowest BCUT2D eigenvalue weighted by Gasteiger charge is -2.14. The quantitative estimate of drug-likeness (QED) is 0.627. The Hall–Kier alpha value is -1.93. The molecule has 128 valence electrons. The molecule has 1 rings (SSSR count). The third kappa shape index (κ3) is 5.65. The summed E-state index contributed by atoms with van der Waals surface area (Å²) >= 11 is 0. The van der Waals surface area contributed by atoms with Crippen molar-refractivity contribution in [3.05, 3.63) is 29.8 Å². The third-order valence-electron chi connectivity index (χ3n) is 3.21. The molecule has 3 N–H and O–H groups in total. The molecule has 0 heterocycles. The first-order valence-electron chi connectivity index (χ1n) is 7.45. The van der Waals surface area contributed by atoms with Crippen LogP contribution in [0.15, 0.2) is 29.2 Å². The maximum Gasteiger partial charge on any atom is 0.326 e. The van der Waals surface area contributed by atoms with E-state index in [4.69, 9.17) is 5.11 Å². The van der Waals surface area contributed by atoms with Gasteiger partial charge in [0.2, 0.25) is 10.0 Å². The molecule has 1 aromatic rings. The maximum atomic E-state index is 12.1. The summed E-state index contributed by atoms with van der Waals surface area (Å²) in [6, 6.07) is 4.40. The predicted octanol–water partition coefficient (Wildman–Crippen LogP) is 1.36. The number of nitrogens with one attached hydrogen (secondary N) is 2. The molecular weight excluding hydrogens is 320 g/mol. The summed E-state index contributed by atoms with van der Waals surface area (Å²) in [5.41, 5.74) is 0.211. The second kappa shape index (κ2) is 8.64. The molecule has 0 aliphatic carbocycles. The highest BCUT2D eigenvalue weighted by molar-refractivity contribution is 7.89. The highest BCUT2D eigenvalue weighted by atomic mass is 32.2. The van der Waals surface area contributed by atoms with E-state index in [9.17, 15) is 18.0 Å². The van der Waals surface area contributed by atoms with Crippen LogP contribution in [0.2, 0.25) is 0 Å². The molecule has 1 aromatic carbocycles. The van der Waals surface area contributed by atoms with E-state index >= 15 is 0 Å². The first kappa shape index (κ1) is 19.1. The second-order valence-electron chi connectivity index (χ2n) is 5.03. The number of sulfonamides is 1.